The zero-order valence-electron chi connectivity index (χ0n) is 9.86. The van der Waals surface area contributed by atoms with Crippen LogP contribution < -0.4 is 5.32 Å². The van der Waals surface area contributed by atoms with Crippen LogP contribution in [0.25, 0.3) is 11.3 Å². The van der Waals surface area contributed by atoms with Crippen LogP contribution in [0.4, 0.5) is 0 Å². The Kier molecular flexibility index (Phi) is 4.18. The first-order valence-electron chi connectivity index (χ1n) is 5.78. The highest BCUT2D eigenvalue weighted by Gasteiger charge is 2.07. The third-order valence-corrected chi connectivity index (χ3v) is 2.97. The van der Waals surface area contributed by atoms with Gasteiger partial charge < -0.3 is 9.88 Å². The molecule has 0 saturated carbocycles. The second kappa shape index (κ2) is 5.84. The van der Waals surface area contributed by atoms with Crippen LogP contribution in [-0.4, -0.2) is 22.6 Å². The summed E-state index contributed by atoms with van der Waals surface area (Å²) in [6.45, 7) is 4.91. The van der Waals surface area contributed by atoms with Crippen molar-refractivity contribution in [2.45, 2.75) is 13.5 Å². The first-order chi connectivity index (χ1) is 8.33. The van der Waals surface area contributed by atoms with Gasteiger partial charge in [-0.05, 0) is 12.6 Å². The Morgan fingerprint density at radius 3 is 2.94 bits per heavy atom. The standard InChI is InChI=1S/C13H16ClN3/c1-2-15-7-8-17-10-16-9-13(17)11-5-3-4-6-12(11)14/h3-6,9-10,15H,2,7-8H2,1H3. The summed E-state index contributed by atoms with van der Waals surface area (Å²) in [6, 6.07) is 7.84. The molecule has 2 aromatic rings. The van der Waals surface area contributed by atoms with E-state index >= 15 is 0 Å². The first-order valence-corrected chi connectivity index (χ1v) is 6.16. The number of rotatable bonds is 5. The summed E-state index contributed by atoms with van der Waals surface area (Å²) in [4.78, 5) is 4.19. The zero-order chi connectivity index (χ0) is 12.1. The molecule has 0 amide bonds. The summed E-state index contributed by atoms with van der Waals surface area (Å²) < 4.78 is 2.11. The van der Waals surface area contributed by atoms with E-state index in [1.165, 1.54) is 0 Å². The molecule has 0 atom stereocenters. The second-order valence-corrected chi connectivity index (χ2v) is 4.21. The van der Waals surface area contributed by atoms with Gasteiger partial charge in [-0.1, -0.05) is 36.7 Å². The van der Waals surface area contributed by atoms with Gasteiger partial charge in [-0.2, -0.15) is 0 Å². The van der Waals surface area contributed by atoms with Crippen molar-refractivity contribution in [1.82, 2.24) is 14.9 Å². The Hall–Kier alpha value is -1.32. The minimum Gasteiger partial charge on any atom is -0.329 e. The Labute approximate surface area is 106 Å². The monoisotopic (exact) mass is 249 g/mol. The highest BCUT2D eigenvalue weighted by Crippen LogP contribution is 2.26. The van der Waals surface area contributed by atoms with E-state index in [0.717, 1.165) is 35.9 Å². The predicted octanol–water partition coefficient (Wildman–Crippen LogP) is 2.81. The number of aromatic nitrogens is 2. The Balaban J connectivity index is 2.22. The van der Waals surface area contributed by atoms with Gasteiger partial charge >= 0.3 is 0 Å². The molecule has 1 aromatic carbocycles. The number of imidazole rings is 1. The Morgan fingerprint density at radius 1 is 1.35 bits per heavy atom. The van der Waals surface area contributed by atoms with Gasteiger partial charge in [-0.3, -0.25) is 0 Å². The SMILES string of the molecule is CCNCCn1cncc1-c1ccccc1Cl. The van der Waals surface area contributed by atoms with Crippen molar-refractivity contribution in [2.24, 2.45) is 0 Å². The average molecular weight is 250 g/mol. The first kappa shape index (κ1) is 12.1. The molecule has 1 N–H and O–H groups in total. The summed E-state index contributed by atoms with van der Waals surface area (Å²) in [7, 11) is 0. The number of nitrogens with zero attached hydrogens (tertiary/aromatic N) is 2. The van der Waals surface area contributed by atoms with Crippen LogP contribution in [0, 0.1) is 0 Å². The van der Waals surface area contributed by atoms with Gasteiger partial charge in [-0.25, -0.2) is 4.98 Å². The molecule has 1 aromatic heterocycles. The minimum atomic E-state index is 0.762. The summed E-state index contributed by atoms with van der Waals surface area (Å²) >= 11 is 6.19. The van der Waals surface area contributed by atoms with Crippen molar-refractivity contribution in [1.29, 1.82) is 0 Å². The van der Waals surface area contributed by atoms with Gasteiger partial charge in [0, 0.05) is 23.7 Å². The van der Waals surface area contributed by atoms with Crippen LogP contribution >= 0.6 is 11.6 Å². The van der Waals surface area contributed by atoms with E-state index in [2.05, 4.69) is 21.8 Å². The molecule has 0 fully saturated rings. The number of benzene rings is 1. The van der Waals surface area contributed by atoms with E-state index in [-0.39, 0.29) is 0 Å². The lowest BCUT2D eigenvalue weighted by molar-refractivity contribution is 0.616. The van der Waals surface area contributed by atoms with Crippen LogP contribution in [0.5, 0.6) is 0 Å². The fraction of sp³-hybridized carbons (Fsp3) is 0.308. The van der Waals surface area contributed by atoms with E-state index in [1.54, 1.807) is 0 Å². The maximum absolute atomic E-state index is 6.19. The van der Waals surface area contributed by atoms with E-state index in [1.807, 2.05) is 36.8 Å². The molecule has 0 aliphatic carbocycles. The van der Waals surface area contributed by atoms with Gasteiger partial charge in [-0.15, -0.1) is 0 Å². The maximum Gasteiger partial charge on any atom is 0.0951 e. The average Bonchev–Trinajstić information content (AvgIpc) is 2.78. The number of halogens is 1. The smallest absolute Gasteiger partial charge is 0.0951 e. The second-order valence-electron chi connectivity index (χ2n) is 3.81. The van der Waals surface area contributed by atoms with E-state index < -0.39 is 0 Å². The van der Waals surface area contributed by atoms with Gasteiger partial charge in [0.15, 0.2) is 0 Å². The van der Waals surface area contributed by atoms with Gasteiger partial charge in [0.2, 0.25) is 0 Å². The number of hydrogen-bond donors (Lipinski definition) is 1. The molecule has 90 valence electrons. The lowest BCUT2D eigenvalue weighted by atomic mass is 10.1. The number of likely N-dealkylation sites (N-methyl/N-ethyl adjacent to an activating group) is 1. The molecule has 2 rings (SSSR count). The molecule has 0 aliphatic rings. The molecule has 0 radical (unpaired) electrons. The number of nitrogens with one attached hydrogen (secondary N) is 1. The molecule has 17 heavy (non-hydrogen) atoms. The van der Waals surface area contributed by atoms with Crippen LogP contribution in [0.1, 0.15) is 6.92 Å². The van der Waals surface area contributed by atoms with E-state index in [0.29, 0.717) is 0 Å². The van der Waals surface area contributed by atoms with E-state index in [9.17, 15) is 0 Å². The maximum atomic E-state index is 6.19. The molecule has 4 heteroatoms. The van der Waals surface area contributed by atoms with Crippen LogP contribution in [0.2, 0.25) is 5.02 Å². The van der Waals surface area contributed by atoms with Gasteiger partial charge in [0.05, 0.1) is 18.2 Å². The van der Waals surface area contributed by atoms with E-state index in [4.69, 9.17) is 11.6 Å². The van der Waals surface area contributed by atoms with Crippen molar-refractivity contribution in [3.05, 3.63) is 41.8 Å². The largest absolute Gasteiger partial charge is 0.329 e. The van der Waals surface area contributed by atoms with Crippen molar-refractivity contribution in [3.8, 4) is 11.3 Å². The lowest BCUT2D eigenvalue weighted by Gasteiger charge is -2.09. The third-order valence-electron chi connectivity index (χ3n) is 2.64. The Bertz CT molecular complexity index is 479. The Morgan fingerprint density at radius 2 is 2.18 bits per heavy atom. The normalized spacial score (nSPS) is 10.7. The molecule has 0 spiro atoms. The highest BCUT2D eigenvalue weighted by atomic mass is 35.5. The van der Waals surface area contributed by atoms with Crippen LogP contribution in [0.3, 0.4) is 0 Å². The zero-order valence-corrected chi connectivity index (χ0v) is 10.6. The summed E-state index contributed by atoms with van der Waals surface area (Å²) in [5, 5.41) is 4.06. The molecule has 0 saturated heterocycles. The van der Waals surface area contributed by atoms with Crippen LogP contribution in [-0.2, 0) is 6.54 Å². The van der Waals surface area contributed by atoms with Crippen molar-refractivity contribution in [2.75, 3.05) is 13.1 Å². The fourth-order valence-corrected chi connectivity index (χ4v) is 2.00. The molecule has 0 bridgehead atoms. The number of hydrogen-bond acceptors (Lipinski definition) is 2. The quantitative estimate of drug-likeness (QED) is 0.826. The fourth-order valence-electron chi connectivity index (χ4n) is 1.77. The summed E-state index contributed by atoms with van der Waals surface area (Å²) in [5.41, 5.74) is 2.09. The van der Waals surface area contributed by atoms with Gasteiger partial charge in [0.1, 0.15) is 0 Å². The van der Waals surface area contributed by atoms with Crippen LogP contribution in [0.15, 0.2) is 36.8 Å². The minimum absolute atomic E-state index is 0.762. The molecular weight excluding hydrogens is 234 g/mol. The van der Waals surface area contributed by atoms with Crippen molar-refractivity contribution < 1.29 is 0 Å². The predicted molar refractivity (Wildman–Crippen MR) is 71.2 cm³/mol. The highest BCUT2D eigenvalue weighted by molar-refractivity contribution is 6.33. The molecule has 3 nitrogen and oxygen atoms in total. The summed E-state index contributed by atoms with van der Waals surface area (Å²) in [6.07, 6.45) is 3.70. The third kappa shape index (κ3) is 2.87. The molecule has 0 aliphatic heterocycles. The van der Waals surface area contributed by atoms with Gasteiger partial charge in [0.25, 0.3) is 0 Å². The molecule has 1 heterocycles. The summed E-state index contributed by atoms with van der Waals surface area (Å²) in [5.74, 6) is 0. The molecule has 0 unspecified atom stereocenters. The molecular formula is C13H16ClN3. The topological polar surface area (TPSA) is 29.9 Å². The lowest BCUT2D eigenvalue weighted by Crippen LogP contribution is -2.19. The van der Waals surface area contributed by atoms with Crippen molar-refractivity contribution in [3.63, 3.8) is 0 Å². The van der Waals surface area contributed by atoms with Crippen molar-refractivity contribution >= 4 is 11.6 Å².